The fourth-order valence-electron chi connectivity index (χ4n) is 3.62. The summed E-state index contributed by atoms with van der Waals surface area (Å²) < 4.78 is 11.4. The molecule has 0 aromatic heterocycles. The first-order valence-corrected chi connectivity index (χ1v) is 8.83. The molecule has 1 unspecified atom stereocenters. The summed E-state index contributed by atoms with van der Waals surface area (Å²) in [5.74, 6) is 1.13. The van der Waals surface area contributed by atoms with E-state index in [9.17, 15) is 9.59 Å². The number of carbonyl (C=O) groups is 2. The highest BCUT2D eigenvalue weighted by Crippen LogP contribution is 2.40. The highest BCUT2D eigenvalue weighted by atomic mass is 35.5. The van der Waals surface area contributed by atoms with E-state index in [1.165, 1.54) is 0 Å². The molecule has 2 heterocycles. The number of benzene rings is 2. The molecule has 0 aliphatic carbocycles. The lowest BCUT2D eigenvalue weighted by atomic mass is 9.89. The van der Waals surface area contributed by atoms with Crippen LogP contribution in [0.1, 0.15) is 33.6 Å². The molecule has 1 saturated heterocycles. The molecule has 1 amide bonds. The molecule has 134 valence electrons. The highest BCUT2D eigenvalue weighted by Gasteiger charge is 2.47. The number of halogens is 1. The zero-order chi connectivity index (χ0) is 18.3. The van der Waals surface area contributed by atoms with Crippen molar-refractivity contribution >= 4 is 23.3 Å². The number of fused-ring (bicyclic) bond motifs is 1. The van der Waals surface area contributed by atoms with Gasteiger partial charge in [-0.15, -0.1) is 0 Å². The average molecular weight is 372 g/mol. The Hall–Kier alpha value is -2.53. The molecular formula is C20H18ClNO4. The zero-order valence-electron chi connectivity index (χ0n) is 14.3. The van der Waals surface area contributed by atoms with Gasteiger partial charge in [0, 0.05) is 23.6 Å². The van der Waals surface area contributed by atoms with Gasteiger partial charge in [-0.1, -0.05) is 11.6 Å². The van der Waals surface area contributed by atoms with E-state index in [1.807, 2.05) is 0 Å². The van der Waals surface area contributed by atoms with Crippen LogP contribution >= 0.6 is 11.6 Å². The molecule has 2 aliphatic heterocycles. The van der Waals surface area contributed by atoms with Gasteiger partial charge in [0.05, 0.1) is 25.6 Å². The highest BCUT2D eigenvalue weighted by molar-refractivity contribution is 6.30. The van der Waals surface area contributed by atoms with E-state index < -0.39 is 5.60 Å². The Kier molecular flexibility index (Phi) is 4.11. The van der Waals surface area contributed by atoms with Crippen LogP contribution in [0.2, 0.25) is 5.02 Å². The maximum Gasteiger partial charge on any atom is 0.253 e. The predicted octanol–water partition coefficient (Wildman–Crippen LogP) is 3.60. The van der Waals surface area contributed by atoms with Gasteiger partial charge in [-0.25, -0.2) is 0 Å². The minimum Gasteiger partial charge on any atom is -0.497 e. The van der Waals surface area contributed by atoms with Crippen LogP contribution in [0.3, 0.4) is 0 Å². The van der Waals surface area contributed by atoms with Crippen molar-refractivity contribution in [1.29, 1.82) is 0 Å². The van der Waals surface area contributed by atoms with Gasteiger partial charge in [-0.05, 0) is 42.5 Å². The maximum atomic E-state index is 12.7. The number of ketones is 1. The Bertz CT molecular complexity index is 880. The minimum atomic E-state index is -0.652. The Morgan fingerprint density at radius 1 is 1.23 bits per heavy atom. The second-order valence-corrected chi connectivity index (χ2v) is 7.17. The maximum absolute atomic E-state index is 12.7. The van der Waals surface area contributed by atoms with Crippen molar-refractivity contribution in [2.24, 2.45) is 0 Å². The summed E-state index contributed by atoms with van der Waals surface area (Å²) >= 11 is 5.89. The van der Waals surface area contributed by atoms with Crippen LogP contribution in [0.5, 0.6) is 11.5 Å². The van der Waals surface area contributed by atoms with Crippen LogP contribution in [0, 0.1) is 0 Å². The van der Waals surface area contributed by atoms with E-state index >= 15 is 0 Å². The first-order chi connectivity index (χ1) is 12.5. The number of carbonyl (C=O) groups excluding carboxylic acids is 2. The van der Waals surface area contributed by atoms with E-state index in [0.717, 1.165) is 0 Å². The molecule has 26 heavy (non-hydrogen) atoms. The van der Waals surface area contributed by atoms with Gasteiger partial charge in [0.25, 0.3) is 5.91 Å². The molecule has 5 nitrogen and oxygen atoms in total. The number of hydrogen-bond acceptors (Lipinski definition) is 4. The lowest BCUT2D eigenvalue weighted by Gasteiger charge is -2.34. The van der Waals surface area contributed by atoms with Crippen LogP contribution in [0.4, 0.5) is 0 Å². The van der Waals surface area contributed by atoms with Crippen molar-refractivity contribution in [3.05, 3.63) is 58.6 Å². The van der Waals surface area contributed by atoms with Crippen LogP contribution in [-0.4, -0.2) is 42.4 Å². The second-order valence-electron chi connectivity index (χ2n) is 6.73. The van der Waals surface area contributed by atoms with Gasteiger partial charge in [0.1, 0.15) is 17.1 Å². The zero-order valence-corrected chi connectivity index (χ0v) is 15.1. The number of ether oxygens (including phenoxy) is 2. The minimum absolute atomic E-state index is 0.0194. The third kappa shape index (κ3) is 2.92. The number of nitrogens with zero attached hydrogens (tertiary/aromatic N) is 1. The summed E-state index contributed by atoms with van der Waals surface area (Å²) in [6.07, 6.45) is 0.890. The monoisotopic (exact) mass is 371 g/mol. The van der Waals surface area contributed by atoms with Gasteiger partial charge < -0.3 is 14.4 Å². The summed E-state index contributed by atoms with van der Waals surface area (Å²) in [4.78, 5) is 27.1. The van der Waals surface area contributed by atoms with E-state index in [1.54, 1.807) is 54.5 Å². The molecule has 4 rings (SSSR count). The molecule has 1 fully saturated rings. The van der Waals surface area contributed by atoms with Crippen LogP contribution in [-0.2, 0) is 0 Å². The molecule has 0 saturated carbocycles. The quantitative estimate of drug-likeness (QED) is 0.809. The average Bonchev–Trinajstić information content (AvgIpc) is 3.04. The van der Waals surface area contributed by atoms with Crippen LogP contribution in [0.25, 0.3) is 0 Å². The number of rotatable bonds is 2. The normalized spacial score (nSPS) is 21.5. The molecule has 2 aromatic rings. The van der Waals surface area contributed by atoms with Crippen molar-refractivity contribution in [2.45, 2.75) is 18.4 Å². The number of hydrogen-bond donors (Lipinski definition) is 0. The summed E-state index contributed by atoms with van der Waals surface area (Å²) in [5, 5.41) is 0.590. The Morgan fingerprint density at radius 3 is 2.73 bits per heavy atom. The SMILES string of the molecule is COc1ccc2c(c1)C(=O)CC1(CCN(C(=O)c3ccc(Cl)cc3)C1)O2. The number of Topliss-reactive ketones (excluding diaryl/α,β-unsaturated/α-hetero) is 1. The van der Waals surface area contributed by atoms with E-state index in [4.69, 9.17) is 21.1 Å². The number of methoxy groups -OCH3 is 1. The third-order valence-corrected chi connectivity index (χ3v) is 5.24. The molecule has 2 aliphatic rings. The molecule has 1 atom stereocenters. The fraction of sp³-hybridized carbons (Fsp3) is 0.300. The summed E-state index contributed by atoms with van der Waals surface area (Å²) in [7, 11) is 1.56. The van der Waals surface area contributed by atoms with Gasteiger partial charge in [-0.3, -0.25) is 9.59 Å². The first-order valence-electron chi connectivity index (χ1n) is 8.45. The molecule has 2 aromatic carbocycles. The summed E-state index contributed by atoms with van der Waals surface area (Å²) in [5.41, 5.74) is 0.469. The lowest BCUT2D eigenvalue weighted by molar-refractivity contribution is 0.0427. The Labute approximate surface area is 156 Å². The summed E-state index contributed by atoms with van der Waals surface area (Å²) in [6.45, 7) is 0.950. The third-order valence-electron chi connectivity index (χ3n) is 4.99. The van der Waals surface area contributed by atoms with Crippen molar-refractivity contribution < 1.29 is 19.1 Å². The van der Waals surface area contributed by atoms with Crippen molar-refractivity contribution in [3.63, 3.8) is 0 Å². The molecule has 0 bridgehead atoms. The van der Waals surface area contributed by atoms with Crippen LogP contribution in [0.15, 0.2) is 42.5 Å². The van der Waals surface area contributed by atoms with E-state index in [-0.39, 0.29) is 18.1 Å². The molecule has 0 radical (unpaired) electrons. The van der Waals surface area contributed by atoms with Crippen molar-refractivity contribution in [3.8, 4) is 11.5 Å². The van der Waals surface area contributed by atoms with Crippen molar-refractivity contribution in [1.82, 2.24) is 4.90 Å². The summed E-state index contributed by atoms with van der Waals surface area (Å²) in [6, 6.07) is 12.1. The van der Waals surface area contributed by atoms with E-state index in [0.29, 0.717) is 47.2 Å². The smallest absolute Gasteiger partial charge is 0.253 e. The number of likely N-dealkylation sites (tertiary alicyclic amines) is 1. The number of amides is 1. The Morgan fingerprint density at radius 2 is 2.00 bits per heavy atom. The van der Waals surface area contributed by atoms with E-state index in [2.05, 4.69) is 0 Å². The standard InChI is InChI=1S/C20H18ClNO4/c1-25-15-6-7-18-16(10-15)17(23)11-20(26-18)8-9-22(12-20)19(24)13-2-4-14(21)5-3-13/h2-7,10H,8-9,11-12H2,1H3. The second kappa shape index (κ2) is 6.32. The molecule has 6 heteroatoms. The topological polar surface area (TPSA) is 55.8 Å². The van der Waals surface area contributed by atoms with Gasteiger partial charge in [0.2, 0.25) is 0 Å². The molecule has 0 N–H and O–H groups in total. The van der Waals surface area contributed by atoms with Crippen molar-refractivity contribution in [2.75, 3.05) is 20.2 Å². The van der Waals surface area contributed by atoms with Gasteiger partial charge in [-0.2, -0.15) is 0 Å². The molecular weight excluding hydrogens is 354 g/mol. The first kappa shape index (κ1) is 16.9. The van der Waals surface area contributed by atoms with Gasteiger partial charge in [0.15, 0.2) is 5.78 Å². The lowest BCUT2D eigenvalue weighted by Crippen LogP contribution is -2.45. The van der Waals surface area contributed by atoms with Crippen LogP contribution < -0.4 is 9.47 Å². The fourth-order valence-corrected chi connectivity index (χ4v) is 3.75. The predicted molar refractivity (Wildman–Crippen MR) is 97.3 cm³/mol. The Balaban J connectivity index is 1.55. The molecule has 1 spiro atoms. The van der Waals surface area contributed by atoms with Gasteiger partial charge >= 0.3 is 0 Å². The largest absolute Gasteiger partial charge is 0.497 e.